The van der Waals surface area contributed by atoms with Crippen molar-refractivity contribution in [3.05, 3.63) is 53.5 Å². The van der Waals surface area contributed by atoms with Crippen molar-refractivity contribution in [2.24, 2.45) is 0 Å². The number of benzene rings is 2. The molecule has 0 aliphatic carbocycles. The van der Waals surface area contributed by atoms with Gasteiger partial charge >= 0.3 is 0 Å². The number of H-pyrrole nitrogens is 1. The van der Waals surface area contributed by atoms with Gasteiger partial charge < -0.3 is 15.0 Å². The Morgan fingerprint density at radius 2 is 1.91 bits per heavy atom. The zero-order valence-corrected chi connectivity index (χ0v) is 19.6. The van der Waals surface area contributed by atoms with Gasteiger partial charge in [-0.3, -0.25) is 4.79 Å². The van der Waals surface area contributed by atoms with Crippen LogP contribution in [0.3, 0.4) is 0 Å². The molecule has 3 aromatic rings. The molecule has 7 nitrogen and oxygen atoms in total. The number of nitrogens with zero attached hydrogens (tertiary/aromatic N) is 1. The Balaban J connectivity index is 1.61. The number of carbonyl (C=O) groups excluding carboxylic acids is 1. The van der Waals surface area contributed by atoms with Gasteiger partial charge in [0.1, 0.15) is 11.6 Å². The van der Waals surface area contributed by atoms with Gasteiger partial charge in [-0.1, -0.05) is 6.42 Å². The maximum atomic E-state index is 13.8. The number of fused-ring (bicyclic) bond motifs is 1. The van der Waals surface area contributed by atoms with Gasteiger partial charge in [0.2, 0.25) is 15.9 Å². The first-order valence-corrected chi connectivity index (χ1v) is 12.6. The molecule has 4 rings (SSSR count). The first-order valence-electron chi connectivity index (χ1n) is 11.1. The minimum absolute atomic E-state index is 0.00392. The average molecular weight is 474 g/mol. The summed E-state index contributed by atoms with van der Waals surface area (Å²) >= 11 is 0. The molecule has 1 aliphatic rings. The smallest absolute Gasteiger partial charge is 0.243 e. The van der Waals surface area contributed by atoms with Crippen molar-refractivity contribution in [2.45, 2.75) is 44.4 Å². The molecule has 9 heteroatoms. The number of piperidine rings is 1. The number of ether oxygens (including phenoxy) is 1. The molecule has 0 bridgehead atoms. The number of carbonyl (C=O) groups is 1. The third-order valence-corrected chi connectivity index (χ3v) is 7.79. The van der Waals surface area contributed by atoms with Gasteiger partial charge in [-0.15, -0.1) is 0 Å². The van der Waals surface area contributed by atoms with Gasteiger partial charge in [-0.25, -0.2) is 12.8 Å². The van der Waals surface area contributed by atoms with E-state index in [4.69, 9.17) is 4.74 Å². The molecule has 2 aromatic carbocycles. The van der Waals surface area contributed by atoms with Crippen LogP contribution in [0.15, 0.2) is 41.3 Å². The lowest BCUT2D eigenvalue weighted by Gasteiger charge is -2.26. The zero-order valence-electron chi connectivity index (χ0n) is 18.8. The molecule has 0 radical (unpaired) electrons. The number of aromatic amines is 1. The minimum Gasteiger partial charge on any atom is -0.492 e. The lowest BCUT2D eigenvalue weighted by atomic mass is 10.1. The molecule has 1 aromatic heterocycles. The van der Waals surface area contributed by atoms with Crippen molar-refractivity contribution in [1.29, 1.82) is 0 Å². The standard InChI is InChI=1S/C24H28FN3O4S/c1-3-32-23-10-8-18(33(30,31)28-11-5-4-6-12-28)14-22(23)27-24(29)15-19-16(2)26-21-9-7-17(25)13-20(19)21/h7-10,13-14,26H,3-6,11-12,15H2,1-2H3,(H,27,29). The topological polar surface area (TPSA) is 91.5 Å². The van der Waals surface area contributed by atoms with Crippen molar-refractivity contribution in [3.8, 4) is 5.75 Å². The molecule has 0 unspecified atom stereocenters. The van der Waals surface area contributed by atoms with Crippen LogP contribution in [-0.4, -0.2) is 43.3 Å². The molecule has 2 N–H and O–H groups in total. The van der Waals surface area contributed by atoms with Crippen LogP contribution >= 0.6 is 0 Å². The van der Waals surface area contributed by atoms with Crippen molar-refractivity contribution in [2.75, 3.05) is 25.0 Å². The zero-order chi connectivity index (χ0) is 23.6. The van der Waals surface area contributed by atoms with E-state index in [9.17, 15) is 17.6 Å². The predicted molar refractivity (Wildman–Crippen MR) is 126 cm³/mol. The molecule has 1 fully saturated rings. The second-order valence-corrected chi connectivity index (χ2v) is 10.1. The number of rotatable bonds is 7. The van der Waals surface area contributed by atoms with Gasteiger partial charge in [0.25, 0.3) is 0 Å². The third kappa shape index (κ3) is 4.89. The second-order valence-electron chi connectivity index (χ2n) is 8.20. The number of halogens is 1. The SMILES string of the molecule is CCOc1ccc(S(=O)(=O)N2CCCCC2)cc1NC(=O)Cc1c(C)[nH]c2ccc(F)cc12. The number of aromatic nitrogens is 1. The summed E-state index contributed by atoms with van der Waals surface area (Å²) in [5.41, 5.74) is 2.51. The Morgan fingerprint density at radius 1 is 1.15 bits per heavy atom. The fourth-order valence-corrected chi connectivity index (χ4v) is 5.78. The summed E-state index contributed by atoms with van der Waals surface area (Å²) in [6.07, 6.45) is 2.70. The van der Waals surface area contributed by atoms with Crippen LogP contribution in [0.1, 0.15) is 37.4 Å². The lowest BCUT2D eigenvalue weighted by Crippen LogP contribution is -2.35. The number of hydrogen-bond acceptors (Lipinski definition) is 4. The number of hydrogen-bond donors (Lipinski definition) is 2. The number of amides is 1. The highest BCUT2D eigenvalue weighted by atomic mass is 32.2. The van der Waals surface area contributed by atoms with Crippen molar-refractivity contribution >= 4 is 32.5 Å². The Morgan fingerprint density at radius 3 is 2.64 bits per heavy atom. The van der Waals surface area contributed by atoms with E-state index in [1.165, 1.54) is 28.6 Å². The summed E-state index contributed by atoms with van der Waals surface area (Å²) in [7, 11) is -3.66. The summed E-state index contributed by atoms with van der Waals surface area (Å²) in [6.45, 7) is 5.00. The van der Waals surface area contributed by atoms with Crippen molar-refractivity contribution in [1.82, 2.24) is 9.29 Å². The summed E-state index contributed by atoms with van der Waals surface area (Å²) in [5, 5.41) is 3.45. The first kappa shape index (κ1) is 23.3. The van der Waals surface area contributed by atoms with E-state index in [-0.39, 0.29) is 23.0 Å². The van der Waals surface area contributed by atoms with Crippen molar-refractivity contribution in [3.63, 3.8) is 0 Å². The largest absolute Gasteiger partial charge is 0.492 e. The maximum absolute atomic E-state index is 13.8. The fourth-order valence-electron chi connectivity index (χ4n) is 4.24. The molecule has 33 heavy (non-hydrogen) atoms. The average Bonchev–Trinajstić information content (AvgIpc) is 3.10. The Bertz CT molecular complexity index is 1280. The molecule has 0 saturated carbocycles. The lowest BCUT2D eigenvalue weighted by molar-refractivity contribution is -0.115. The molecule has 176 valence electrons. The third-order valence-electron chi connectivity index (χ3n) is 5.90. The van der Waals surface area contributed by atoms with Crippen LogP contribution in [0, 0.1) is 12.7 Å². The highest BCUT2D eigenvalue weighted by Gasteiger charge is 2.27. The van der Waals surface area contributed by atoms with Crippen LogP contribution in [0.25, 0.3) is 10.9 Å². The Kier molecular flexibility index (Phi) is 6.71. The minimum atomic E-state index is -3.66. The molecule has 1 saturated heterocycles. The van der Waals surface area contributed by atoms with Gasteiger partial charge in [0.15, 0.2) is 0 Å². The van der Waals surface area contributed by atoms with E-state index >= 15 is 0 Å². The first-order chi connectivity index (χ1) is 15.8. The highest BCUT2D eigenvalue weighted by Crippen LogP contribution is 2.31. The van der Waals surface area contributed by atoms with Crippen LogP contribution in [0.4, 0.5) is 10.1 Å². The summed E-state index contributed by atoms with van der Waals surface area (Å²) in [4.78, 5) is 16.2. The highest BCUT2D eigenvalue weighted by molar-refractivity contribution is 7.89. The number of aryl methyl sites for hydroxylation is 1. The molecular weight excluding hydrogens is 445 g/mol. The summed E-state index contributed by atoms with van der Waals surface area (Å²) in [6, 6.07) is 8.94. The molecule has 2 heterocycles. The molecule has 1 aliphatic heterocycles. The molecule has 1 amide bonds. The maximum Gasteiger partial charge on any atom is 0.243 e. The van der Waals surface area contributed by atoms with E-state index in [1.807, 2.05) is 13.8 Å². The Labute approximate surface area is 193 Å². The Hall–Kier alpha value is -2.91. The monoisotopic (exact) mass is 473 g/mol. The summed E-state index contributed by atoms with van der Waals surface area (Å²) < 4.78 is 47.1. The molecule has 0 atom stereocenters. The van der Waals surface area contributed by atoms with E-state index in [1.54, 1.807) is 12.1 Å². The summed E-state index contributed by atoms with van der Waals surface area (Å²) in [5.74, 6) is -0.334. The molecular formula is C24H28FN3O4S. The fraction of sp³-hybridized carbons (Fsp3) is 0.375. The van der Waals surface area contributed by atoms with Crippen LogP contribution in [0.2, 0.25) is 0 Å². The molecule has 0 spiro atoms. The normalized spacial score (nSPS) is 15.0. The van der Waals surface area contributed by atoms with E-state index in [2.05, 4.69) is 10.3 Å². The van der Waals surface area contributed by atoms with Crippen LogP contribution in [-0.2, 0) is 21.2 Å². The van der Waals surface area contributed by atoms with E-state index in [0.29, 0.717) is 42.1 Å². The predicted octanol–water partition coefficient (Wildman–Crippen LogP) is 4.37. The second kappa shape index (κ2) is 9.52. The number of nitrogens with one attached hydrogen (secondary N) is 2. The van der Waals surface area contributed by atoms with Gasteiger partial charge in [0, 0.05) is 29.7 Å². The van der Waals surface area contributed by atoms with Crippen molar-refractivity contribution < 1.29 is 22.3 Å². The van der Waals surface area contributed by atoms with Crippen LogP contribution < -0.4 is 10.1 Å². The van der Waals surface area contributed by atoms with Gasteiger partial charge in [-0.2, -0.15) is 4.31 Å². The number of sulfonamides is 1. The quantitative estimate of drug-likeness (QED) is 0.533. The van der Waals surface area contributed by atoms with Gasteiger partial charge in [-0.05, 0) is 68.7 Å². The van der Waals surface area contributed by atoms with E-state index in [0.717, 1.165) is 30.5 Å². The van der Waals surface area contributed by atoms with Crippen LogP contribution in [0.5, 0.6) is 5.75 Å². The van der Waals surface area contributed by atoms with Gasteiger partial charge in [0.05, 0.1) is 23.6 Å². The van der Waals surface area contributed by atoms with E-state index < -0.39 is 10.0 Å². The number of anilines is 1.